The Bertz CT molecular complexity index is 555. The van der Waals surface area contributed by atoms with E-state index in [4.69, 9.17) is 4.74 Å². The minimum Gasteiger partial charge on any atom is -0.439 e. The van der Waals surface area contributed by atoms with E-state index in [1.165, 1.54) is 9.80 Å². The van der Waals surface area contributed by atoms with Crippen molar-refractivity contribution in [1.29, 1.82) is 0 Å². The van der Waals surface area contributed by atoms with Gasteiger partial charge in [-0.3, -0.25) is 0 Å². The summed E-state index contributed by atoms with van der Waals surface area (Å²) in [6.45, 7) is 0.467. The lowest BCUT2D eigenvalue weighted by Gasteiger charge is -2.25. The number of amides is 3. The molecule has 0 saturated carbocycles. The lowest BCUT2D eigenvalue weighted by Crippen LogP contribution is -2.46. The van der Waals surface area contributed by atoms with Crippen molar-refractivity contribution >= 4 is 12.1 Å². The zero-order chi connectivity index (χ0) is 14.1. The number of carbonyl (C=O) groups is 2. The maximum absolute atomic E-state index is 12.4. The molecule has 1 aromatic carbocycles. The van der Waals surface area contributed by atoms with Gasteiger partial charge in [0.25, 0.3) is 0 Å². The highest BCUT2D eigenvalue weighted by Crippen LogP contribution is 2.29. The van der Waals surface area contributed by atoms with E-state index in [0.717, 1.165) is 5.56 Å². The average Bonchev–Trinajstić information content (AvgIpc) is 2.99. The molecule has 0 bridgehead atoms. The van der Waals surface area contributed by atoms with Gasteiger partial charge in [-0.2, -0.15) is 0 Å². The van der Waals surface area contributed by atoms with Crippen LogP contribution in [0.15, 0.2) is 42.5 Å². The summed E-state index contributed by atoms with van der Waals surface area (Å²) in [4.78, 5) is 27.0. The van der Waals surface area contributed by atoms with Gasteiger partial charge in [-0.1, -0.05) is 36.4 Å². The minimum atomic E-state index is -0.547. The first-order chi connectivity index (χ1) is 9.66. The van der Waals surface area contributed by atoms with Crippen molar-refractivity contribution in [2.45, 2.75) is 25.1 Å². The zero-order valence-corrected chi connectivity index (χ0v) is 11.2. The number of rotatable bonds is 2. The van der Waals surface area contributed by atoms with Crippen LogP contribution in [-0.2, 0) is 11.3 Å². The molecule has 0 aromatic heterocycles. The van der Waals surface area contributed by atoms with Crippen molar-refractivity contribution in [3.05, 3.63) is 48.0 Å². The maximum atomic E-state index is 12.4. The lowest BCUT2D eigenvalue weighted by atomic mass is 10.2. The molecule has 1 saturated heterocycles. The summed E-state index contributed by atoms with van der Waals surface area (Å²) in [5.74, 6) is 0. The van der Waals surface area contributed by atoms with Crippen molar-refractivity contribution in [3.8, 4) is 0 Å². The van der Waals surface area contributed by atoms with Crippen molar-refractivity contribution in [1.82, 2.24) is 9.80 Å². The van der Waals surface area contributed by atoms with Gasteiger partial charge in [0.1, 0.15) is 6.10 Å². The molecular weight excluding hydrogens is 256 g/mol. The van der Waals surface area contributed by atoms with Crippen LogP contribution < -0.4 is 0 Å². The molecule has 2 unspecified atom stereocenters. The molecule has 5 nitrogen and oxygen atoms in total. The van der Waals surface area contributed by atoms with E-state index < -0.39 is 6.09 Å². The molecular formula is C15H16N2O3. The first kappa shape index (κ1) is 12.7. The maximum Gasteiger partial charge on any atom is 0.419 e. The fourth-order valence-corrected chi connectivity index (χ4v) is 2.62. The van der Waals surface area contributed by atoms with Gasteiger partial charge in [0, 0.05) is 13.6 Å². The smallest absolute Gasteiger partial charge is 0.419 e. The summed E-state index contributed by atoms with van der Waals surface area (Å²) >= 11 is 0. The van der Waals surface area contributed by atoms with Crippen LogP contribution in [-0.4, -0.2) is 41.1 Å². The SMILES string of the molecule is CN(Cc1ccccc1)C(=O)N1C(=O)OC2C=CCC21. The summed E-state index contributed by atoms with van der Waals surface area (Å²) in [5, 5.41) is 0. The third-order valence-electron chi connectivity index (χ3n) is 3.64. The van der Waals surface area contributed by atoms with Gasteiger partial charge < -0.3 is 9.64 Å². The molecule has 20 heavy (non-hydrogen) atoms. The molecule has 0 radical (unpaired) electrons. The number of benzene rings is 1. The quantitative estimate of drug-likeness (QED) is 0.777. The van der Waals surface area contributed by atoms with Gasteiger partial charge in [-0.05, 0) is 18.1 Å². The number of imide groups is 1. The van der Waals surface area contributed by atoms with E-state index in [1.54, 1.807) is 7.05 Å². The third-order valence-corrected chi connectivity index (χ3v) is 3.64. The molecule has 0 spiro atoms. The summed E-state index contributed by atoms with van der Waals surface area (Å²) < 4.78 is 5.17. The largest absolute Gasteiger partial charge is 0.439 e. The predicted octanol–water partition coefficient (Wildman–Crippen LogP) is 2.39. The Morgan fingerprint density at radius 2 is 2.15 bits per heavy atom. The molecule has 104 valence electrons. The molecule has 1 heterocycles. The van der Waals surface area contributed by atoms with Crippen LogP contribution in [0.3, 0.4) is 0 Å². The molecule has 3 amide bonds. The van der Waals surface area contributed by atoms with E-state index >= 15 is 0 Å². The number of nitrogens with zero attached hydrogens (tertiary/aromatic N) is 2. The number of hydrogen-bond acceptors (Lipinski definition) is 3. The van der Waals surface area contributed by atoms with E-state index in [2.05, 4.69) is 0 Å². The second kappa shape index (κ2) is 5.00. The van der Waals surface area contributed by atoms with Crippen LogP contribution in [0.5, 0.6) is 0 Å². The van der Waals surface area contributed by atoms with Gasteiger partial charge in [0.15, 0.2) is 0 Å². The van der Waals surface area contributed by atoms with Crippen LogP contribution >= 0.6 is 0 Å². The third kappa shape index (κ3) is 2.15. The van der Waals surface area contributed by atoms with Crippen molar-refractivity contribution in [2.24, 2.45) is 0 Å². The van der Waals surface area contributed by atoms with Crippen LogP contribution in [0.4, 0.5) is 9.59 Å². The Morgan fingerprint density at radius 1 is 1.40 bits per heavy atom. The van der Waals surface area contributed by atoms with Crippen LogP contribution in [0.2, 0.25) is 0 Å². The lowest BCUT2D eigenvalue weighted by molar-refractivity contribution is 0.139. The number of fused-ring (bicyclic) bond motifs is 1. The van der Waals surface area contributed by atoms with Gasteiger partial charge in [-0.15, -0.1) is 0 Å². The van der Waals surface area contributed by atoms with Gasteiger partial charge in [-0.25, -0.2) is 14.5 Å². The molecule has 1 fully saturated rings. The monoisotopic (exact) mass is 272 g/mol. The second-order valence-electron chi connectivity index (χ2n) is 5.07. The van der Waals surface area contributed by atoms with E-state index in [0.29, 0.717) is 13.0 Å². The molecule has 2 atom stereocenters. The average molecular weight is 272 g/mol. The Labute approximate surface area is 117 Å². The van der Waals surface area contributed by atoms with Crippen molar-refractivity contribution in [2.75, 3.05) is 7.05 Å². The van der Waals surface area contributed by atoms with Crippen LogP contribution in [0.25, 0.3) is 0 Å². The number of urea groups is 1. The summed E-state index contributed by atoms with van der Waals surface area (Å²) in [6.07, 6.45) is 3.62. The highest BCUT2D eigenvalue weighted by molar-refractivity contribution is 5.93. The standard InChI is InChI=1S/C15H16N2O3/c1-16(10-11-6-3-2-4-7-11)14(18)17-12-8-5-9-13(12)20-15(17)19/h2-7,9,12-13H,8,10H2,1H3. The summed E-state index contributed by atoms with van der Waals surface area (Å²) in [5.41, 5.74) is 1.03. The molecule has 1 aliphatic carbocycles. The predicted molar refractivity (Wildman–Crippen MR) is 73.0 cm³/mol. The van der Waals surface area contributed by atoms with E-state index in [9.17, 15) is 9.59 Å². The van der Waals surface area contributed by atoms with Crippen LogP contribution in [0, 0.1) is 0 Å². The van der Waals surface area contributed by atoms with Gasteiger partial charge in [0.2, 0.25) is 0 Å². The Balaban J connectivity index is 1.71. The molecule has 1 aromatic rings. The number of hydrogen-bond donors (Lipinski definition) is 0. The van der Waals surface area contributed by atoms with Gasteiger partial charge in [0.05, 0.1) is 6.04 Å². The highest BCUT2D eigenvalue weighted by atomic mass is 16.6. The molecule has 0 N–H and O–H groups in total. The topological polar surface area (TPSA) is 49.9 Å². The molecule has 3 rings (SSSR count). The van der Waals surface area contributed by atoms with E-state index in [-0.39, 0.29) is 18.2 Å². The van der Waals surface area contributed by atoms with Crippen molar-refractivity contribution < 1.29 is 14.3 Å². The Morgan fingerprint density at radius 3 is 2.90 bits per heavy atom. The highest BCUT2D eigenvalue weighted by Gasteiger charge is 2.46. The van der Waals surface area contributed by atoms with E-state index in [1.807, 2.05) is 42.5 Å². The Kier molecular flexibility index (Phi) is 3.18. The normalized spacial score (nSPS) is 23.6. The summed E-state index contributed by atoms with van der Waals surface area (Å²) in [7, 11) is 1.69. The fraction of sp³-hybridized carbons (Fsp3) is 0.333. The van der Waals surface area contributed by atoms with Crippen molar-refractivity contribution in [3.63, 3.8) is 0 Å². The van der Waals surface area contributed by atoms with Crippen LogP contribution in [0.1, 0.15) is 12.0 Å². The molecule has 5 heteroatoms. The molecule has 2 aliphatic rings. The molecule has 1 aliphatic heterocycles. The number of carbonyl (C=O) groups excluding carboxylic acids is 2. The second-order valence-corrected chi connectivity index (χ2v) is 5.07. The number of ether oxygens (including phenoxy) is 1. The minimum absolute atomic E-state index is 0.187. The first-order valence-corrected chi connectivity index (χ1v) is 6.62. The fourth-order valence-electron chi connectivity index (χ4n) is 2.62. The Hall–Kier alpha value is -2.30. The summed E-state index contributed by atoms with van der Waals surface area (Å²) in [6, 6.07) is 9.18. The first-order valence-electron chi connectivity index (χ1n) is 6.62. The zero-order valence-electron chi connectivity index (χ0n) is 11.2. The van der Waals surface area contributed by atoms with Gasteiger partial charge >= 0.3 is 12.1 Å².